The quantitative estimate of drug-likeness (QED) is 0.909. The lowest BCUT2D eigenvalue weighted by molar-refractivity contribution is 0.0699. The summed E-state index contributed by atoms with van der Waals surface area (Å²) in [5, 5.41) is 8.85. The molecule has 0 aliphatic heterocycles. The average molecular weight is 253 g/mol. The molecule has 0 bridgehead atoms. The van der Waals surface area contributed by atoms with Gasteiger partial charge in [0.2, 0.25) is 0 Å². The Labute approximate surface area is 100 Å². The Kier molecular flexibility index (Phi) is 3.34. The third kappa shape index (κ3) is 2.79. The molecule has 0 radical (unpaired) electrons. The van der Waals surface area contributed by atoms with Gasteiger partial charge in [0.15, 0.2) is 0 Å². The molecule has 4 nitrogen and oxygen atoms in total. The van der Waals surface area contributed by atoms with Crippen LogP contribution in [0.3, 0.4) is 0 Å². The highest BCUT2D eigenvalue weighted by molar-refractivity contribution is 7.11. The first-order valence-corrected chi connectivity index (χ1v) is 5.59. The number of ether oxygens (including phenoxy) is 1. The summed E-state index contributed by atoms with van der Waals surface area (Å²) in [5.74, 6) is -1.10. The second-order valence-electron chi connectivity index (χ2n) is 3.18. The molecule has 0 fully saturated rings. The molecule has 0 aliphatic carbocycles. The highest BCUT2D eigenvalue weighted by Crippen LogP contribution is 2.17. The molecule has 1 aromatic carbocycles. The number of hydrogen-bond acceptors (Lipinski definition) is 4. The number of rotatable bonds is 4. The van der Waals surface area contributed by atoms with Crippen LogP contribution in [0.2, 0.25) is 0 Å². The number of hydrogen-bond donors (Lipinski definition) is 1. The third-order valence-electron chi connectivity index (χ3n) is 2.01. The van der Waals surface area contributed by atoms with Crippen molar-refractivity contribution in [3.63, 3.8) is 0 Å². The zero-order valence-corrected chi connectivity index (χ0v) is 9.41. The van der Waals surface area contributed by atoms with Crippen LogP contribution in [0.5, 0.6) is 5.75 Å². The second-order valence-corrected chi connectivity index (χ2v) is 4.03. The molecule has 88 valence electrons. The van der Waals surface area contributed by atoms with Crippen LogP contribution in [0.25, 0.3) is 0 Å². The molecule has 0 aliphatic rings. The molecule has 2 aromatic rings. The Morgan fingerprint density at radius 1 is 1.53 bits per heavy atom. The number of thiazole rings is 1. The van der Waals surface area contributed by atoms with Gasteiger partial charge in [-0.15, -0.1) is 11.3 Å². The van der Waals surface area contributed by atoms with Crippen LogP contribution in [-0.2, 0) is 6.61 Å². The Morgan fingerprint density at radius 2 is 2.35 bits per heavy atom. The molecule has 0 atom stereocenters. The number of carbonyl (C=O) groups is 1. The molecule has 2 rings (SSSR count). The van der Waals surface area contributed by atoms with E-state index in [0.717, 1.165) is 11.3 Å². The largest absolute Gasteiger partial charge is 0.487 e. The summed E-state index contributed by atoms with van der Waals surface area (Å²) >= 11 is 1.03. The second kappa shape index (κ2) is 4.92. The lowest BCUT2D eigenvalue weighted by Crippen LogP contribution is -2.03. The lowest BCUT2D eigenvalue weighted by atomic mass is 10.3. The molecule has 0 spiro atoms. The number of nitrogens with zero attached hydrogens (tertiary/aromatic N) is 1. The van der Waals surface area contributed by atoms with E-state index in [1.165, 1.54) is 23.7 Å². The van der Waals surface area contributed by atoms with E-state index in [-0.39, 0.29) is 11.5 Å². The van der Waals surface area contributed by atoms with Gasteiger partial charge < -0.3 is 9.84 Å². The molecule has 0 saturated heterocycles. The van der Waals surface area contributed by atoms with Crippen molar-refractivity contribution >= 4 is 17.3 Å². The number of carboxylic acid groups (broad SMARTS) is 1. The molecule has 0 unspecified atom stereocenters. The van der Waals surface area contributed by atoms with Crippen LogP contribution >= 0.6 is 11.3 Å². The van der Waals surface area contributed by atoms with Gasteiger partial charge in [0.05, 0.1) is 5.51 Å². The fraction of sp³-hybridized carbons (Fsp3) is 0.0909. The van der Waals surface area contributed by atoms with Crippen LogP contribution in [0, 0.1) is 5.82 Å². The smallest absolute Gasteiger partial charge is 0.347 e. The van der Waals surface area contributed by atoms with Gasteiger partial charge in [0, 0.05) is 6.07 Å². The predicted molar refractivity (Wildman–Crippen MR) is 59.8 cm³/mol. The summed E-state index contributed by atoms with van der Waals surface area (Å²) in [4.78, 5) is 14.8. The fourth-order valence-electron chi connectivity index (χ4n) is 1.25. The van der Waals surface area contributed by atoms with Crippen LogP contribution in [-0.4, -0.2) is 16.1 Å². The van der Waals surface area contributed by atoms with E-state index < -0.39 is 11.8 Å². The first-order chi connectivity index (χ1) is 8.16. The van der Waals surface area contributed by atoms with E-state index in [9.17, 15) is 9.18 Å². The Balaban J connectivity index is 2.07. The van der Waals surface area contributed by atoms with Crippen LogP contribution in [0.1, 0.15) is 15.4 Å². The summed E-state index contributed by atoms with van der Waals surface area (Å²) in [7, 11) is 0. The monoisotopic (exact) mass is 253 g/mol. The summed E-state index contributed by atoms with van der Waals surface area (Å²) in [6.45, 7) is 0.00852. The van der Waals surface area contributed by atoms with E-state index in [1.807, 2.05) is 0 Å². The zero-order valence-electron chi connectivity index (χ0n) is 8.59. The highest BCUT2D eigenvalue weighted by Gasteiger charge is 2.13. The lowest BCUT2D eigenvalue weighted by Gasteiger charge is -2.04. The maximum atomic E-state index is 12.9. The van der Waals surface area contributed by atoms with Crippen molar-refractivity contribution in [2.45, 2.75) is 6.61 Å². The van der Waals surface area contributed by atoms with Gasteiger partial charge >= 0.3 is 5.97 Å². The van der Waals surface area contributed by atoms with Gasteiger partial charge in [0.1, 0.15) is 28.7 Å². The van der Waals surface area contributed by atoms with Crippen molar-refractivity contribution in [2.24, 2.45) is 0 Å². The summed E-state index contributed by atoms with van der Waals surface area (Å²) in [6.07, 6.45) is 0. The average Bonchev–Trinajstić information content (AvgIpc) is 2.74. The van der Waals surface area contributed by atoms with E-state index in [4.69, 9.17) is 9.84 Å². The van der Waals surface area contributed by atoms with Crippen molar-refractivity contribution in [3.8, 4) is 5.75 Å². The molecule has 1 heterocycles. The van der Waals surface area contributed by atoms with Gasteiger partial charge in [-0.1, -0.05) is 6.07 Å². The molecule has 6 heteroatoms. The van der Waals surface area contributed by atoms with E-state index >= 15 is 0 Å². The van der Waals surface area contributed by atoms with Gasteiger partial charge in [-0.3, -0.25) is 0 Å². The zero-order chi connectivity index (χ0) is 12.3. The molecule has 0 amide bonds. The first-order valence-electron chi connectivity index (χ1n) is 4.71. The molecular weight excluding hydrogens is 245 g/mol. The molecule has 1 aromatic heterocycles. The molecule has 0 saturated carbocycles. The van der Waals surface area contributed by atoms with E-state index in [0.29, 0.717) is 11.4 Å². The number of aromatic carboxylic acids is 1. The van der Waals surface area contributed by atoms with Crippen molar-refractivity contribution in [1.82, 2.24) is 4.98 Å². The topological polar surface area (TPSA) is 59.4 Å². The maximum Gasteiger partial charge on any atom is 0.347 e. The standard InChI is InChI=1S/C11H8FNO3S/c12-7-2-1-3-8(4-7)16-5-9-10(11(14)15)17-6-13-9/h1-4,6H,5H2,(H,14,15). The normalized spacial score (nSPS) is 10.2. The van der Waals surface area contributed by atoms with Crippen LogP contribution in [0.4, 0.5) is 4.39 Å². The van der Waals surface area contributed by atoms with Crippen molar-refractivity contribution in [1.29, 1.82) is 0 Å². The predicted octanol–water partition coefficient (Wildman–Crippen LogP) is 2.56. The SMILES string of the molecule is O=C(O)c1scnc1COc1cccc(F)c1. The minimum Gasteiger partial charge on any atom is -0.487 e. The number of benzene rings is 1. The van der Waals surface area contributed by atoms with Crippen molar-refractivity contribution < 1.29 is 19.0 Å². The van der Waals surface area contributed by atoms with E-state index in [1.54, 1.807) is 6.07 Å². The number of aromatic nitrogens is 1. The Hall–Kier alpha value is -1.95. The number of halogens is 1. The van der Waals surface area contributed by atoms with Gasteiger partial charge in [-0.05, 0) is 12.1 Å². The third-order valence-corrected chi connectivity index (χ3v) is 2.86. The molecular formula is C11H8FNO3S. The van der Waals surface area contributed by atoms with Crippen molar-refractivity contribution in [3.05, 3.63) is 46.2 Å². The molecule has 17 heavy (non-hydrogen) atoms. The Morgan fingerprint density at radius 3 is 3.06 bits per heavy atom. The van der Waals surface area contributed by atoms with Gasteiger partial charge in [0.25, 0.3) is 0 Å². The number of carboxylic acids is 1. The first kappa shape index (κ1) is 11.5. The summed E-state index contributed by atoms with van der Waals surface area (Å²) < 4.78 is 18.1. The Bertz CT molecular complexity index is 541. The van der Waals surface area contributed by atoms with Crippen LogP contribution < -0.4 is 4.74 Å². The van der Waals surface area contributed by atoms with Gasteiger partial charge in [-0.25, -0.2) is 14.2 Å². The van der Waals surface area contributed by atoms with Gasteiger partial charge in [-0.2, -0.15) is 0 Å². The summed E-state index contributed by atoms with van der Waals surface area (Å²) in [5.41, 5.74) is 1.78. The minimum atomic E-state index is -1.04. The van der Waals surface area contributed by atoms with Crippen LogP contribution in [0.15, 0.2) is 29.8 Å². The fourth-order valence-corrected chi connectivity index (χ4v) is 1.89. The molecule has 1 N–H and O–H groups in total. The minimum absolute atomic E-state index is 0.00852. The van der Waals surface area contributed by atoms with Crippen molar-refractivity contribution in [2.75, 3.05) is 0 Å². The summed E-state index contributed by atoms with van der Waals surface area (Å²) in [6, 6.07) is 5.64. The maximum absolute atomic E-state index is 12.9. The highest BCUT2D eigenvalue weighted by atomic mass is 32.1. The van der Waals surface area contributed by atoms with E-state index in [2.05, 4.69) is 4.98 Å².